The predicted octanol–water partition coefficient (Wildman–Crippen LogP) is 4.01. The van der Waals surface area contributed by atoms with Crippen LogP contribution in [-0.2, 0) is 10.0 Å². The van der Waals surface area contributed by atoms with Crippen molar-refractivity contribution in [2.24, 2.45) is 0 Å². The van der Waals surface area contributed by atoms with E-state index in [2.05, 4.69) is 30.3 Å². The van der Waals surface area contributed by atoms with Crippen LogP contribution in [0.2, 0.25) is 5.02 Å². The van der Waals surface area contributed by atoms with Crippen LogP contribution in [0.25, 0.3) is 0 Å². The van der Waals surface area contributed by atoms with Gasteiger partial charge in [-0.2, -0.15) is 4.98 Å². The lowest BCUT2D eigenvalue weighted by atomic mass is 10.2. The number of methoxy groups -OCH3 is 1. The van der Waals surface area contributed by atoms with Crippen LogP contribution in [0.4, 0.5) is 28.8 Å². The molecule has 0 fully saturated rings. The van der Waals surface area contributed by atoms with Crippen LogP contribution in [0.15, 0.2) is 36.7 Å². The maximum absolute atomic E-state index is 11.7. The average Bonchev–Trinajstić information content (AvgIpc) is 2.66. The van der Waals surface area contributed by atoms with E-state index in [9.17, 15) is 8.42 Å². The van der Waals surface area contributed by atoms with E-state index >= 15 is 0 Å². The van der Waals surface area contributed by atoms with Crippen molar-refractivity contribution in [3.8, 4) is 5.75 Å². The largest absolute Gasteiger partial charge is 0.497 e. The quantitative estimate of drug-likeness (QED) is 0.496. The van der Waals surface area contributed by atoms with Crippen molar-refractivity contribution in [3.63, 3.8) is 0 Å². The molecule has 0 spiro atoms. The summed E-state index contributed by atoms with van der Waals surface area (Å²) in [7, 11) is -2.02. The van der Waals surface area contributed by atoms with Gasteiger partial charge in [0.1, 0.15) is 10.8 Å². The molecule has 0 amide bonds. The van der Waals surface area contributed by atoms with Gasteiger partial charge in [-0.05, 0) is 37.6 Å². The average molecular weight is 449 g/mol. The number of nitrogens with one attached hydrogen (secondary N) is 3. The molecule has 9 nitrogen and oxygen atoms in total. The van der Waals surface area contributed by atoms with E-state index in [4.69, 9.17) is 16.3 Å². The summed E-state index contributed by atoms with van der Waals surface area (Å²) in [6, 6.07) is 6.84. The van der Waals surface area contributed by atoms with Gasteiger partial charge in [0.15, 0.2) is 5.82 Å². The Hall–Kier alpha value is -3.11. The lowest BCUT2D eigenvalue weighted by Gasteiger charge is -2.15. The first kappa shape index (κ1) is 21.6. The summed E-state index contributed by atoms with van der Waals surface area (Å²) in [5.41, 5.74) is 3.39. The van der Waals surface area contributed by atoms with Crippen LogP contribution in [0.5, 0.6) is 5.75 Å². The van der Waals surface area contributed by atoms with Crippen molar-refractivity contribution in [1.29, 1.82) is 0 Å². The zero-order valence-corrected chi connectivity index (χ0v) is 18.4. The molecule has 0 aliphatic heterocycles. The van der Waals surface area contributed by atoms with Crippen molar-refractivity contribution in [2.45, 2.75) is 13.8 Å². The molecule has 0 aliphatic carbocycles. The summed E-state index contributed by atoms with van der Waals surface area (Å²) in [5.74, 6) is 1.10. The molecule has 3 rings (SSSR count). The maximum atomic E-state index is 11.7. The van der Waals surface area contributed by atoms with Crippen LogP contribution in [0.1, 0.15) is 11.3 Å². The van der Waals surface area contributed by atoms with E-state index in [1.807, 2.05) is 19.9 Å². The van der Waals surface area contributed by atoms with Gasteiger partial charge in [-0.25, -0.2) is 13.4 Å². The van der Waals surface area contributed by atoms with Gasteiger partial charge >= 0.3 is 0 Å². The van der Waals surface area contributed by atoms with E-state index in [0.717, 1.165) is 23.2 Å². The van der Waals surface area contributed by atoms with E-state index in [-0.39, 0.29) is 5.02 Å². The Morgan fingerprint density at radius 3 is 2.43 bits per heavy atom. The molecule has 2 aromatic heterocycles. The molecule has 2 heterocycles. The first-order valence-electron chi connectivity index (χ1n) is 8.80. The third-order valence-electron chi connectivity index (χ3n) is 4.01. The third-order valence-corrected chi connectivity index (χ3v) is 4.88. The zero-order chi connectivity index (χ0) is 21.9. The molecule has 158 valence electrons. The summed E-state index contributed by atoms with van der Waals surface area (Å²) >= 11 is 6.25. The van der Waals surface area contributed by atoms with E-state index in [1.54, 1.807) is 24.4 Å². The number of hydrogen-bond acceptors (Lipinski definition) is 8. The number of anilines is 5. The van der Waals surface area contributed by atoms with E-state index < -0.39 is 10.0 Å². The summed E-state index contributed by atoms with van der Waals surface area (Å²) in [4.78, 5) is 12.9. The molecule has 0 saturated carbocycles. The van der Waals surface area contributed by atoms with Gasteiger partial charge in [0.2, 0.25) is 16.0 Å². The number of nitrogens with zero attached hydrogens (tertiary/aromatic N) is 3. The number of hydrogen-bond donors (Lipinski definition) is 3. The summed E-state index contributed by atoms with van der Waals surface area (Å²) in [5, 5.41) is 6.42. The normalized spacial score (nSPS) is 11.1. The Labute approximate surface area is 179 Å². The fraction of sp³-hybridized carbons (Fsp3) is 0.211. The molecule has 30 heavy (non-hydrogen) atoms. The van der Waals surface area contributed by atoms with Gasteiger partial charge in [0, 0.05) is 11.8 Å². The summed E-state index contributed by atoms with van der Waals surface area (Å²) in [6.07, 6.45) is 4.21. The highest BCUT2D eigenvalue weighted by Crippen LogP contribution is 2.32. The van der Waals surface area contributed by atoms with Crippen molar-refractivity contribution < 1.29 is 13.2 Å². The summed E-state index contributed by atoms with van der Waals surface area (Å²) < 4.78 is 31.1. The first-order valence-corrected chi connectivity index (χ1v) is 11.1. The number of halogens is 1. The molecule has 3 aromatic rings. The van der Waals surface area contributed by atoms with Gasteiger partial charge < -0.3 is 15.4 Å². The van der Waals surface area contributed by atoms with Crippen LogP contribution in [0.3, 0.4) is 0 Å². The number of aryl methyl sites for hydroxylation is 2. The molecular formula is C19H21ClN6O3S. The molecule has 0 atom stereocenters. The molecular weight excluding hydrogens is 428 g/mol. The third kappa shape index (κ3) is 5.49. The van der Waals surface area contributed by atoms with Crippen LogP contribution in [0, 0.1) is 13.8 Å². The molecule has 0 unspecified atom stereocenters. The monoisotopic (exact) mass is 448 g/mol. The van der Waals surface area contributed by atoms with Crippen LogP contribution in [-0.4, -0.2) is 36.7 Å². The first-order chi connectivity index (χ1) is 14.1. The summed E-state index contributed by atoms with van der Waals surface area (Å²) in [6.45, 7) is 3.86. The van der Waals surface area contributed by atoms with Crippen LogP contribution < -0.4 is 20.1 Å². The van der Waals surface area contributed by atoms with Crippen molar-refractivity contribution >= 4 is 50.5 Å². The Bertz CT molecular complexity index is 1190. The molecule has 1 aromatic carbocycles. The fourth-order valence-corrected chi connectivity index (χ4v) is 3.34. The lowest BCUT2D eigenvalue weighted by Crippen LogP contribution is -2.11. The van der Waals surface area contributed by atoms with Crippen LogP contribution >= 0.6 is 11.6 Å². The predicted molar refractivity (Wildman–Crippen MR) is 119 cm³/mol. The molecule has 3 N–H and O–H groups in total. The topological polar surface area (TPSA) is 118 Å². The van der Waals surface area contributed by atoms with Gasteiger partial charge in [-0.3, -0.25) is 9.71 Å². The van der Waals surface area contributed by atoms with Crippen molar-refractivity contribution in [2.75, 3.05) is 28.7 Å². The second kappa shape index (κ2) is 8.72. The highest BCUT2D eigenvalue weighted by molar-refractivity contribution is 7.92. The second-order valence-electron chi connectivity index (χ2n) is 6.57. The van der Waals surface area contributed by atoms with Gasteiger partial charge in [0.25, 0.3) is 0 Å². The number of benzene rings is 1. The lowest BCUT2D eigenvalue weighted by molar-refractivity contribution is 0.415. The smallest absolute Gasteiger partial charge is 0.229 e. The Balaban J connectivity index is 1.92. The van der Waals surface area contributed by atoms with Gasteiger partial charge in [-0.15, -0.1) is 0 Å². The standard InChI is InChI=1S/C19H21ClN6O3S/c1-11-7-12(2)21-10-17(11)24-19-22-9-14(20)18(25-19)23-15-6-5-13(29-3)8-16(15)26-30(4,27)28/h5-10,26H,1-4H3,(H2,22,23,24,25). The number of aromatic nitrogens is 3. The second-order valence-corrected chi connectivity index (χ2v) is 8.72. The zero-order valence-electron chi connectivity index (χ0n) is 16.8. The maximum Gasteiger partial charge on any atom is 0.229 e. The number of rotatable bonds is 7. The highest BCUT2D eigenvalue weighted by atomic mass is 35.5. The highest BCUT2D eigenvalue weighted by Gasteiger charge is 2.13. The van der Waals surface area contributed by atoms with Gasteiger partial charge in [-0.1, -0.05) is 11.6 Å². The SMILES string of the molecule is COc1ccc(Nc2nc(Nc3cnc(C)cc3C)ncc2Cl)c(NS(C)(=O)=O)c1. The Morgan fingerprint density at radius 2 is 1.77 bits per heavy atom. The van der Waals surface area contributed by atoms with Crippen molar-refractivity contribution in [1.82, 2.24) is 15.0 Å². The Morgan fingerprint density at radius 1 is 1.00 bits per heavy atom. The van der Waals surface area contributed by atoms with E-state index in [0.29, 0.717) is 28.9 Å². The number of ether oxygens (including phenoxy) is 1. The molecule has 0 aliphatic rings. The Kier molecular flexibility index (Phi) is 6.28. The van der Waals surface area contributed by atoms with Gasteiger partial charge in [0.05, 0.1) is 42.8 Å². The molecule has 0 radical (unpaired) electrons. The van der Waals surface area contributed by atoms with Crippen molar-refractivity contribution in [3.05, 3.63) is 52.9 Å². The minimum absolute atomic E-state index is 0.264. The van der Waals surface area contributed by atoms with E-state index in [1.165, 1.54) is 13.3 Å². The number of pyridine rings is 1. The minimum atomic E-state index is -3.51. The fourth-order valence-electron chi connectivity index (χ4n) is 2.63. The number of sulfonamides is 1. The molecule has 0 saturated heterocycles. The minimum Gasteiger partial charge on any atom is -0.497 e. The molecule has 11 heteroatoms. The molecule has 0 bridgehead atoms.